The van der Waals surface area contributed by atoms with Gasteiger partial charge in [-0.1, -0.05) is 0 Å². The summed E-state index contributed by atoms with van der Waals surface area (Å²) in [5.74, 6) is -1.09. The lowest BCUT2D eigenvalue weighted by Gasteiger charge is -2.31. The highest BCUT2D eigenvalue weighted by atomic mass is 16.6. The highest BCUT2D eigenvalue weighted by Gasteiger charge is 2.41. The van der Waals surface area contributed by atoms with Crippen molar-refractivity contribution < 1.29 is 23.5 Å². The second-order valence-corrected chi connectivity index (χ2v) is 5.30. The van der Waals surface area contributed by atoms with Crippen LogP contribution in [0.3, 0.4) is 0 Å². The molecule has 8 nitrogen and oxygen atoms in total. The molecule has 0 bridgehead atoms. The number of esters is 2. The molecule has 2 atom stereocenters. The highest BCUT2D eigenvalue weighted by Crippen LogP contribution is 2.38. The van der Waals surface area contributed by atoms with E-state index in [1.165, 1.54) is 27.7 Å². The van der Waals surface area contributed by atoms with Crippen molar-refractivity contribution in [1.29, 1.82) is 0 Å². The van der Waals surface area contributed by atoms with E-state index in [0.717, 1.165) is 0 Å². The van der Waals surface area contributed by atoms with E-state index >= 15 is 0 Å². The quantitative estimate of drug-likeness (QED) is 0.603. The molecule has 22 heavy (non-hydrogen) atoms. The Hall–Kier alpha value is -2.38. The van der Waals surface area contributed by atoms with Crippen molar-refractivity contribution in [1.82, 2.24) is 4.73 Å². The maximum absolute atomic E-state index is 12.4. The number of carbonyl (C=O) groups is 2. The van der Waals surface area contributed by atoms with Crippen molar-refractivity contribution in [3.8, 4) is 0 Å². The summed E-state index contributed by atoms with van der Waals surface area (Å²) in [6, 6.07) is 0. The minimum Gasteiger partial charge on any atom is -0.805 e. The number of fused-ring (bicyclic) bond motifs is 1. The Kier molecular flexibility index (Phi) is 4.20. The summed E-state index contributed by atoms with van der Waals surface area (Å²) in [7, 11) is 0. The van der Waals surface area contributed by atoms with Gasteiger partial charge in [0.1, 0.15) is 11.8 Å². The molecular weight excluding hydrogens is 292 g/mol. The zero-order chi connectivity index (χ0) is 16.6. The lowest BCUT2D eigenvalue weighted by molar-refractivity contribution is -0.522. The Morgan fingerprint density at radius 2 is 1.64 bits per heavy atom. The first-order valence-corrected chi connectivity index (χ1v) is 6.94. The van der Waals surface area contributed by atoms with Crippen LogP contribution in [0.25, 0.3) is 0 Å². The normalized spacial score (nSPS) is 20.2. The van der Waals surface area contributed by atoms with Gasteiger partial charge in [-0.2, -0.15) is 0 Å². The van der Waals surface area contributed by atoms with Crippen LogP contribution < -0.4 is 4.43 Å². The summed E-state index contributed by atoms with van der Waals surface area (Å²) < 4.78 is 11.5. The molecule has 1 aliphatic rings. The van der Waals surface area contributed by atoms with Crippen molar-refractivity contribution >= 4 is 11.9 Å². The van der Waals surface area contributed by atoms with Crippen LogP contribution in [0.15, 0.2) is 0 Å². The van der Waals surface area contributed by atoms with Crippen molar-refractivity contribution in [2.75, 3.05) is 0 Å². The van der Waals surface area contributed by atoms with E-state index in [2.05, 4.69) is 0 Å². The maximum Gasteiger partial charge on any atom is 0.303 e. The molecule has 0 saturated heterocycles. The van der Waals surface area contributed by atoms with Crippen LogP contribution in [0.5, 0.6) is 0 Å². The van der Waals surface area contributed by atoms with Gasteiger partial charge < -0.3 is 19.4 Å². The van der Waals surface area contributed by atoms with Crippen LogP contribution >= 0.6 is 0 Å². The molecule has 0 unspecified atom stereocenters. The Morgan fingerprint density at radius 1 is 1.14 bits per heavy atom. The topological polar surface area (TPSA) is 104 Å². The summed E-state index contributed by atoms with van der Waals surface area (Å²) in [4.78, 5) is 34.9. The molecule has 120 valence electrons. The van der Waals surface area contributed by atoms with Gasteiger partial charge in [0.05, 0.1) is 10.1 Å². The van der Waals surface area contributed by atoms with Gasteiger partial charge in [-0.15, -0.1) is 0 Å². The van der Waals surface area contributed by atoms with Crippen LogP contribution in [-0.4, -0.2) is 16.7 Å². The largest absolute Gasteiger partial charge is 0.805 e. The first-order valence-electron chi connectivity index (χ1n) is 6.94. The average Bonchev–Trinajstić information content (AvgIpc) is 2.42. The maximum atomic E-state index is 12.4. The molecule has 0 N–H and O–H groups in total. The summed E-state index contributed by atoms with van der Waals surface area (Å²) in [6.07, 6.45) is -1.04. The van der Waals surface area contributed by atoms with Crippen molar-refractivity contribution in [2.24, 2.45) is 0 Å². The van der Waals surface area contributed by atoms with Gasteiger partial charge in [0.15, 0.2) is 6.10 Å². The number of rotatable bonds is 2. The van der Waals surface area contributed by atoms with E-state index in [-0.39, 0.29) is 22.8 Å². The number of nitrogens with zero attached hydrogens (tertiary/aromatic N) is 2. The van der Waals surface area contributed by atoms with Crippen molar-refractivity contribution in [3.63, 3.8) is 0 Å². The van der Waals surface area contributed by atoms with E-state index in [9.17, 15) is 19.7 Å². The molecule has 0 aromatic carbocycles. The molecule has 1 aromatic rings. The first-order chi connectivity index (χ1) is 10.2. The van der Waals surface area contributed by atoms with E-state index < -0.39 is 24.1 Å². The number of aromatic nitrogens is 2. The Balaban J connectivity index is 2.67. The SMILES string of the molecule is CC(=O)O[C@@H]1CC[C@@H](OC(C)=O)c2c1n([O-])c(C)c(C)[n+]2=O. The monoisotopic (exact) mass is 310 g/mol. The number of ether oxygens (including phenoxy) is 2. The van der Waals surface area contributed by atoms with E-state index in [1.807, 2.05) is 0 Å². The third-order valence-corrected chi connectivity index (χ3v) is 3.75. The van der Waals surface area contributed by atoms with Crippen LogP contribution in [0, 0.1) is 24.0 Å². The Labute approximate surface area is 126 Å². The van der Waals surface area contributed by atoms with E-state index in [0.29, 0.717) is 22.0 Å². The lowest BCUT2D eigenvalue weighted by Crippen LogP contribution is -2.38. The van der Waals surface area contributed by atoms with Crippen molar-refractivity contribution in [2.45, 2.75) is 52.7 Å². The predicted molar refractivity (Wildman–Crippen MR) is 74.3 cm³/mol. The van der Waals surface area contributed by atoms with Gasteiger partial charge in [-0.3, -0.25) is 9.59 Å². The fourth-order valence-electron chi connectivity index (χ4n) is 2.66. The molecule has 1 aromatic heterocycles. The predicted octanol–water partition coefficient (Wildman–Crippen LogP) is 1.37. The third-order valence-electron chi connectivity index (χ3n) is 3.75. The molecule has 0 fully saturated rings. The molecule has 0 radical (unpaired) electrons. The van der Waals surface area contributed by atoms with Gasteiger partial charge in [-0.05, 0) is 19.8 Å². The molecule has 0 aliphatic heterocycles. The molecule has 1 heterocycles. The summed E-state index contributed by atoms with van der Waals surface area (Å²) in [5.41, 5.74) is 0.500. The van der Waals surface area contributed by atoms with Crippen LogP contribution in [0.1, 0.15) is 61.7 Å². The smallest absolute Gasteiger partial charge is 0.303 e. The van der Waals surface area contributed by atoms with Gasteiger partial charge in [0.2, 0.25) is 0 Å². The second-order valence-electron chi connectivity index (χ2n) is 5.30. The second kappa shape index (κ2) is 5.78. The standard InChI is InChI=1S/C14H18N2O6/c1-7-8(2)16(20)14-12(22-10(4)18)6-5-11(21-9(3)17)13(14)15(7)19/h11-12H,5-6H2,1-4H3/t11-,12-/m1/s1. The molecular formula is C14H18N2O6. The van der Waals surface area contributed by atoms with Crippen molar-refractivity contribution in [3.05, 3.63) is 32.9 Å². The number of hydrogen-bond donors (Lipinski definition) is 0. The molecule has 0 saturated carbocycles. The number of hydrogen-bond acceptors (Lipinski definition) is 6. The average molecular weight is 310 g/mol. The molecule has 8 heteroatoms. The van der Waals surface area contributed by atoms with E-state index in [1.54, 1.807) is 0 Å². The van der Waals surface area contributed by atoms with Crippen LogP contribution in [0.4, 0.5) is 0 Å². The van der Waals surface area contributed by atoms with Crippen LogP contribution in [-0.2, 0) is 19.1 Å². The molecule has 1 aliphatic carbocycles. The molecule has 2 rings (SSSR count). The zero-order valence-electron chi connectivity index (χ0n) is 12.9. The zero-order valence-corrected chi connectivity index (χ0v) is 12.9. The van der Waals surface area contributed by atoms with Gasteiger partial charge in [0, 0.05) is 25.7 Å². The minimum absolute atomic E-state index is 0.0331. The fourth-order valence-corrected chi connectivity index (χ4v) is 2.66. The molecule has 0 amide bonds. The Bertz CT molecular complexity index is 694. The lowest BCUT2D eigenvalue weighted by atomic mass is 9.94. The third kappa shape index (κ3) is 2.68. The van der Waals surface area contributed by atoms with Crippen LogP contribution in [0.2, 0.25) is 0 Å². The molecule has 0 spiro atoms. The summed E-state index contributed by atoms with van der Waals surface area (Å²) >= 11 is 0. The summed E-state index contributed by atoms with van der Waals surface area (Å²) in [5, 5.41) is 12.4. The summed E-state index contributed by atoms with van der Waals surface area (Å²) in [6.45, 7) is 5.49. The minimum atomic E-state index is -0.823. The van der Waals surface area contributed by atoms with Gasteiger partial charge in [-0.25, -0.2) is 0 Å². The van der Waals surface area contributed by atoms with Gasteiger partial charge >= 0.3 is 17.6 Å². The highest BCUT2D eigenvalue weighted by molar-refractivity contribution is 5.67. The Morgan fingerprint density at radius 3 is 2.18 bits per heavy atom. The van der Waals surface area contributed by atoms with Gasteiger partial charge in [0.25, 0.3) is 5.69 Å². The fraction of sp³-hybridized carbons (Fsp3) is 0.571. The number of carbonyl (C=O) groups excluding carboxylic acids is 2. The first kappa shape index (κ1) is 16.0. The van der Waals surface area contributed by atoms with E-state index in [4.69, 9.17) is 9.47 Å².